The van der Waals surface area contributed by atoms with Crippen LogP contribution in [0.3, 0.4) is 0 Å². The molecule has 0 aromatic heterocycles. The molecule has 0 amide bonds. The van der Waals surface area contributed by atoms with E-state index < -0.39 is 10.0 Å². The predicted octanol–water partition coefficient (Wildman–Crippen LogP) is 1.17. The lowest BCUT2D eigenvalue weighted by atomic mass is 10.2. The van der Waals surface area contributed by atoms with Crippen LogP contribution < -0.4 is 5.14 Å². The van der Waals surface area contributed by atoms with Crippen molar-refractivity contribution in [2.24, 2.45) is 5.14 Å². The van der Waals surface area contributed by atoms with Crippen molar-refractivity contribution in [3.05, 3.63) is 29.8 Å². The van der Waals surface area contributed by atoms with E-state index in [1.807, 2.05) is 13.8 Å². The topological polar surface area (TPSA) is 77.2 Å². The van der Waals surface area contributed by atoms with Crippen LogP contribution in [-0.4, -0.2) is 14.7 Å². The van der Waals surface area contributed by atoms with Crippen molar-refractivity contribution in [1.82, 2.24) is 0 Å². The Morgan fingerprint density at radius 1 is 1.14 bits per heavy atom. The van der Waals surface area contributed by atoms with Crippen LogP contribution in [0.1, 0.15) is 24.2 Å². The van der Waals surface area contributed by atoms with E-state index in [2.05, 4.69) is 0 Å². The molecule has 5 heteroatoms. The molecule has 0 aliphatic heterocycles. The molecule has 1 aromatic carbocycles. The van der Waals surface area contributed by atoms with Gasteiger partial charge in [-0.25, -0.2) is 13.6 Å². The molecule has 2 N–H and O–H groups in total. The number of aldehydes is 1. The molecule has 0 bridgehead atoms. The number of primary sulfonamides is 1. The summed E-state index contributed by atoms with van der Waals surface area (Å²) in [7, 11) is -3.64. The fourth-order valence-electron chi connectivity index (χ4n) is 0.736. The van der Waals surface area contributed by atoms with Gasteiger partial charge in [0.25, 0.3) is 0 Å². The number of nitrogens with two attached hydrogens (primary N) is 1. The summed E-state index contributed by atoms with van der Waals surface area (Å²) < 4.78 is 21.4. The summed E-state index contributed by atoms with van der Waals surface area (Å²) in [5.41, 5.74) is 0.419. The SMILES string of the molecule is CC.NS(=O)(=O)c1ccc(C=O)cc1. The molecule has 1 rings (SSSR count). The summed E-state index contributed by atoms with van der Waals surface area (Å²) >= 11 is 0. The van der Waals surface area contributed by atoms with E-state index in [0.717, 1.165) is 0 Å². The van der Waals surface area contributed by atoms with Gasteiger partial charge in [-0.1, -0.05) is 26.0 Å². The monoisotopic (exact) mass is 215 g/mol. The quantitative estimate of drug-likeness (QED) is 0.752. The number of carbonyl (C=O) groups is 1. The van der Waals surface area contributed by atoms with Crippen molar-refractivity contribution in [3.8, 4) is 0 Å². The summed E-state index contributed by atoms with van der Waals surface area (Å²) in [5, 5.41) is 4.83. The summed E-state index contributed by atoms with van der Waals surface area (Å²) in [4.78, 5) is 10.2. The fourth-order valence-corrected chi connectivity index (χ4v) is 1.25. The minimum absolute atomic E-state index is 0.00750. The highest BCUT2D eigenvalue weighted by molar-refractivity contribution is 7.89. The van der Waals surface area contributed by atoms with Crippen LogP contribution in [0.15, 0.2) is 29.2 Å². The first-order chi connectivity index (χ1) is 6.54. The normalized spacial score (nSPS) is 9.93. The molecule has 0 aliphatic rings. The molecular weight excluding hydrogens is 202 g/mol. The van der Waals surface area contributed by atoms with Crippen LogP contribution in [0, 0.1) is 0 Å². The van der Waals surface area contributed by atoms with Gasteiger partial charge in [-0.15, -0.1) is 0 Å². The number of carbonyl (C=O) groups excluding carboxylic acids is 1. The lowest BCUT2D eigenvalue weighted by Crippen LogP contribution is -2.11. The number of hydrogen-bond acceptors (Lipinski definition) is 3. The second-order valence-corrected chi connectivity index (χ2v) is 3.79. The molecule has 78 valence electrons. The highest BCUT2D eigenvalue weighted by atomic mass is 32.2. The molecule has 0 radical (unpaired) electrons. The van der Waals surface area contributed by atoms with E-state index in [0.29, 0.717) is 11.8 Å². The standard InChI is InChI=1S/C7H7NO3S.C2H6/c8-12(10,11)7-3-1-6(5-9)2-4-7;1-2/h1-5H,(H2,8,10,11);1-2H3. The molecule has 0 saturated carbocycles. The zero-order chi connectivity index (χ0) is 11.2. The van der Waals surface area contributed by atoms with Crippen molar-refractivity contribution in [3.63, 3.8) is 0 Å². The third-order valence-electron chi connectivity index (χ3n) is 1.34. The Labute approximate surface area is 83.8 Å². The molecule has 0 unspecified atom stereocenters. The van der Waals surface area contributed by atoms with Gasteiger partial charge in [0.05, 0.1) is 4.90 Å². The van der Waals surface area contributed by atoms with Crippen LogP contribution >= 0.6 is 0 Å². The molecule has 0 heterocycles. The van der Waals surface area contributed by atoms with E-state index >= 15 is 0 Å². The van der Waals surface area contributed by atoms with Gasteiger partial charge in [0, 0.05) is 5.56 Å². The molecule has 0 aliphatic carbocycles. The zero-order valence-corrected chi connectivity index (χ0v) is 8.91. The summed E-state index contributed by atoms with van der Waals surface area (Å²) in [6.45, 7) is 4.00. The molecule has 0 saturated heterocycles. The van der Waals surface area contributed by atoms with Gasteiger partial charge in [-0.05, 0) is 12.1 Å². The van der Waals surface area contributed by atoms with Crippen molar-refractivity contribution in [2.75, 3.05) is 0 Å². The average molecular weight is 215 g/mol. The Kier molecular flexibility index (Phi) is 5.04. The zero-order valence-electron chi connectivity index (χ0n) is 8.10. The summed E-state index contributed by atoms with van der Waals surface area (Å²) in [6, 6.07) is 5.37. The van der Waals surface area contributed by atoms with E-state index in [1.54, 1.807) is 0 Å². The van der Waals surface area contributed by atoms with Crippen LogP contribution in [0.5, 0.6) is 0 Å². The molecule has 1 aromatic rings. The molecule has 0 atom stereocenters. The third-order valence-corrected chi connectivity index (χ3v) is 2.27. The lowest BCUT2D eigenvalue weighted by Gasteiger charge is -1.96. The summed E-state index contributed by atoms with van der Waals surface area (Å²) in [5.74, 6) is 0. The Balaban J connectivity index is 0.000000791. The maximum atomic E-state index is 10.7. The number of sulfonamides is 1. The van der Waals surface area contributed by atoms with Crippen LogP contribution in [0.25, 0.3) is 0 Å². The average Bonchev–Trinajstić information content (AvgIpc) is 2.20. The summed E-state index contributed by atoms with van der Waals surface area (Å²) in [6.07, 6.45) is 0.632. The van der Waals surface area contributed by atoms with Crippen molar-refractivity contribution in [1.29, 1.82) is 0 Å². The number of rotatable bonds is 2. The predicted molar refractivity (Wildman–Crippen MR) is 54.6 cm³/mol. The number of hydrogen-bond donors (Lipinski definition) is 1. The minimum Gasteiger partial charge on any atom is -0.298 e. The second kappa shape index (κ2) is 5.51. The molecule has 4 nitrogen and oxygen atoms in total. The molecule has 0 fully saturated rings. The smallest absolute Gasteiger partial charge is 0.238 e. The Morgan fingerprint density at radius 2 is 1.57 bits per heavy atom. The number of benzene rings is 1. The van der Waals surface area contributed by atoms with Crippen molar-refractivity contribution >= 4 is 16.3 Å². The molecular formula is C9H13NO3S. The van der Waals surface area contributed by atoms with Gasteiger partial charge in [-0.2, -0.15) is 0 Å². The van der Waals surface area contributed by atoms with Gasteiger partial charge in [0.1, 0.15) is 6.29 Å². The highest BCUT2D eigenvalue weighted by Gasteiger charge is 2.05. The van der Waals surface area contributed by atoms with Gasteiger partial charge in [0.2, 0.25) is 10.0 Å². The maximum absolute atomic E-state index is 10.7. The van der Waals surface area contributed by atoms with E-state index in [9.17, 15) is 13.2 Å². The first-order valence-corrected chi connectivity index (χ1v) is 5.67. The van der Waals surface area contributed by atoms with Gasteiger partial charge >= 0.3 is 0 Å². The van der Waals surface area contributed by atoms with E-state index in [-0.39, 0.29) is 4.90 Å². The van der Waals surface area contributed by atoms with E-state index in [1.165, 1.54) is 24.3 Å². The van der Waals surface area contributed by atoms with Crippen LogP contribution in [0.2, 0.25) is 0 Å². The first kappa shape index (κ1) is 12.8. The van der Waals surface area contributed by atoms with Gasteiger partial charge in [0.15, 0.2) is 0 Å². The lowest BCUT2D eigenvalue weighted by molar-refractivity contribution is 0.112. The Morgan fingerprint density at radius 3 is 1.86 bits per heavy atom. The van der Waals surface area contributed by atoms with Gasteiger partial charge in [-0.3, -0.25) is 4.79 Å². The van der Waals surface area contributed by atoms with Gasteiger partial charge < -0.3 is 0 Å². The fraction of sp³-hybridized carbons (Fsp3) is 0.222. The minimum atomic E-state index is -3.64. The first-order valence-electron chi connectivity index (χ1n) is 4.12. The Bertz CT molecular complexity index is 381. The van der Waals surface area contributed by atoms with Crippen LogP contribution in [0.4, 0.5) is 0 Å². The van der Waals surface area contributed by atoms with Crippen molar-refractivity contribution in [2.45, 2.75) is 18.7 Å². The van der Waals surface area contributed by atoms with Crippen molar-refractivity contribution < 1.29 is 13.2 Å². The molecule has 14 heavy (non-hydrogen) atoms. The maximum Gasteiger partial charge on any atom is 0.238 e. The molecule has 0 spiro atoms. The third kappa shape index (κ3) is 3.68. The second-order valence-electron chi connectivity index (χ2n) is 2.23. The Hall–Kier alpha value is -1.20. The van der Waals surface area contributed by atoms with Crippen LogP contribution in [-0.2, 0) is 10.0 Å². The highest BCUT2D eigenvalue weighted by Crippen LogP contribution is 2.06. The van der Waals surface area contributed by atoms with E-state index in [4.69, 9.17) is 5.14 Å². The largest absolute Gasteiger partial charge is 0.298 e.